The smallest absolute Gasteiger partial charge is 0.229 e. The molecule has 0 bridgehead atoms. The van der Waals surface area contributed by atoms with Crippen LogP contribution in [0.1, 0.15) is 24.8 Å². The van der Waals surface area contributed by atoms with Crippen LogP contribution in [0.5, 0.6) is 0 Å². The number of rotatable bonds is 4. The van der Waals surface area contributed by atoms with Gasteiger partial charge in [0.25, 0.3) is 0 Å². The maximum absolute atomic E-state index is 12.8. The molecular formula is C17H19FN4O. The number of anilines is 2. The van der Waals surface area contributed by atoms with Crippen LogP contribution < -0.4 is 10.2 Å². The topological polar surface area (TPSA) is 58.1 Å². The van der Waals surface area contributed by atoms with Gasteiger partial charge in [0.05, 0.1) is 6.42 Å². The highest BCUT2D eigenvalue weighted by Gasteiger charge is 2.13. The predicted molar refractivity (Wildman–Crippen MR) is 86.8 cm³/mol. The lowest BCUT2D eigenvalue weighted by Crippen LogP contribution is -2.30. The third-order valence-corrected chi connectivity index (χ3v) is 3.88. The van der Waals surface area contributed by atoms with Crippen LogP contribution in [0.3, 0.4) is 0 Å². The van der Waals surface area contributed by atoms with E-state index in [2.05, 4.69) is 20.4 Å². The Kier molecular flexibility index (Phi) is 4.80. The molecule has 0 saturated carbocycles. The van der Waals surface area contributed by atoms with E-state index < -0.39 is 0 Å². The molecule has 3 rings (SSSR count). The first-order valence-electron chi connectivity index (χ1n) is 7.84. The van der Waals surface area contributed by atoms with Crippen molar-refractivity contribution in [1.29, 1.82) is 0 Å². The Bertz CT molecular complexity index is 651. The summed E-state index contributed by atoms with van der Waals surface area (Å²) in [6.45, 7) is 2.01. The lowest BCUT2D eigenvalue weighted by Gasteiger charge is -2.27. The van der Waals surface area contributed by atoms with Gasteiger partial charge in [-0.1, -0.05) is 12.1 Å². The standard InChI is InChI=1S/C17H19FN4O/c18-14-6-4-13(5-7-14)12-17(23)19-15-8-9-16(21-20-15)22-10-2-1-3-11-22/h4-9H,1-3,10-12H2,(H,19,20,23). The summed E-state index contributed by atoms with van der Waals surface area (Å²) in [5, 5.41) is 11.0. The zero-order valence-corrected chi connectivity index (χ0v) is 12.8. The lowest BCUT2D eigenvalue weighted by molar-refractivity contribution is -0.115. The number of hydrogen-bond donors (Lipinski definition) is 1. The average molecular weight is 314 g/mol. The van der Waals surface area contributed by atoms with Crippen molar-refractivity contribution in [2.45, 2.75) is 25.7 Å². The van der Waals surface area contributed by atoms with Gasteiger partial charge in [-0.25, -0.2) is 4.39 Å². The van der Waals surface area contributed by atoms with Crippen molar-refractivity contribution in [3.63, 3.8) is 0 Å². The van der Waals surface area contributed by atoms with Gasteiger partial charge in [-0.2, -0.15) is 0 Å². The molecule has 6 heteroatoms. The molecule has 1 aliphatic heterocycles. The largest absolute Gasteiger partial charge is 0.355 e. The van der Waals surface area contributed by atoms with Gasteiger partial charge in [0.1, 0.15) is 5.82 Å². The first-order chi connectivity index (χ1) is 11.2. The summed E-state index contributed by atoms with van der Waals surface area (Å²) >= 11 is 0. The Morgan fingerprint density at radius 3 is 2.43 bits per heavy atom. The Hall–Kier alpha value is -2.50. The normalized spacial score (nSPS) is 14.6. The van der Waals surface area contributed by atoms with Crippen LogP contribution in [-0.4, -0.2) is 29.2 Å². The number of aromatic nitrogens is 2. The molecule has 0 aliphatic carbocycles. The van der Waals surface area contributed by atoms with Gasteiger partial charge in [0, 0.05) is 13.1 Å². The van der Waals surface area contributed by atoms with E-state index in [4.69, 9.17) is 0 Å². The van der Waals surface area contributed by atoms with Gasteiger partial charge < -0.3 is 10.2 Å². The van der Waals surface area contributed by atoms with E-state index in [9.17, 15) is 9.18 Å². The molecule has 0 spiro atoms. The molecule has 0 radical (unpaired) electrons. The van der Waals surface area contributed by atoms with Crippen LogP contribution in [0.2, 0.25) is 0 Å². The van der Waals surface area contributed by atoms with Crippen molar-refractivity contribution >= 4 is 17.5 Å². The summed E-state index contributed by atoms with van der Waals surface area (Å²) in [5.41, 5.74) is 0.752. The van der Waals surface area contributed by atoms with Crippen molar-refractivity contribution in [3.05, 3.63) is 47.8 Å². The van der Waals surface area contributed by atoms with Gasteiger partial charge in [-0.15, -0.1) is 10.2 Å². The molecule has 1 amide bonds. The Morgan fingerprint density at radius 2 is 1.78 bits per heavy atom. The molecule has 5 nitrogen and oxygen atoms in total. The third kappa shape index (κ3) is 4.25. The lowest BCUT2D eigenvalue weighted by atomic mass is 10.1. The number of nitrogens with zero attached hydrogens (tertiary/aromatic N) is 3. The average Bonchev–Trinajstić information content (AvgIpc) is 2.58. The second-order valence-corrected chi connectivity index (χ2v) is 5.68. The van der Waals surface area contributed by atoms with Gasteiger partial charge >= 0.3 is 0 Å². The van der Waals surface area contributed by atoms with E-state index in [-0.39, 0.29) is 18.1 Å². The maximum Gasteiger partial charge on any atom is 0.229 e. The van der Waals surface area contributed by atoms with Crippen molar-refractivity contribution in [3.8, 4) is 0 Å². The van der Waals surface area contributed by atoms with Crippen LogP contribution >= 0.6 is 0 Å². The molecule has 1 aromatic heterocycles. The molecule has 1 aromatic carbocycles. The minimum Gasteiger partial charge on any atom is -0.355 e. The summed E-state index contributed by atoms with van der Waals surface area (Å²) in [6.07, 6.45) is 3.80. The fourth-order valence-electron chi connectivity index (χ4n) is 2.66. The van der Waals surface area contributed by atoms with Crippen LogP contribution in [0.25, 0.3) is 0 Å². The number of hydrogen-bond acceptors (Lipinski definition) is 4. The molecular weight excluding hydrogens is 295 g/mol. The van der Waals surface area contributed by atoms with Crippen LogP contribution in [-0.2, 0) is 11.2 Å². The quantitative estimate of drug-likeness (QED) is 0.943. The number of carbonyl (C=O) groups excluding carboxylic acids is 1. The van der Waals surface area contributed by atoms with E-state index in [1.165, 1.54) is 31.4 Å². The SMILES string of the molecule is O=C(Cc1ccc(F)cc1)Nc1ccc(N2CCCCC2)nn1. The first-order valence-corrected chi connectivity index (χ1v) is 7.84. The summed E-state index contributed by atoms with van der Waals surface area (Å²) in [5.74, 6) is 0.768. The predicted octanol–water partition coefficient (Wildman–Crippen LogP) is 2.79. The molecule has 23 heavy (non-hydrogen) atoms. The molecule has 1 aliphatic rings. The van der Waals surface area contributed by atoms with E-state index in [1.807, 2.05) is 6.07 Å². The summed E-state index contributed by atoms with van der Waals surface area (Å²) in [7, 11) is 0. The van der Waals surface area contributed by atoms with Crippen LogP contribution in [0.15, 0.2) is 36.4 Å². The zero-order valence-electron chi connectivity index (χ0n) is 12.8. The summed E-state index contributed by atoms with van der Waals surface area (Å²) in [6, 6.07) is 9.52. The summed E-state index contributed by atoms with van der Waals surface area (Å²) in [4.78, 5) is 14.2. The number of piperidine rings is 1. The number of halogens is 1. The number of amides is 1. The highest BCUT2D eigenvalue weighted by Crippen LogP contribution is 2.17. The van der Waals surface area contributed by atoms with Crippen LogP contribution in [0.4, 0.5) is 16.0 Å². The second kappa shape index (κ2) is 7.17. The fraction of sp³-hybridized carbons (Fsp3) is 0.353. The van der Waals surface area contributed by atoms with E-state index in [1.54, 1.807) is 18.2 Å². The van der Waals surface area contributed by atoms with Crippen LogP contribution in [0, 0.1) is 5.82 Å². The Balaban J connectivity index is 1.57. The van der Waals surface area contributed by atoms with Crippen molar-refractivity contribution in [2.24, 2.45) is 0 Å². The van der Waals surface area contributed by atoms with Gasteiger partial charge in [0.15, 0.2) is 11.6 Å². The molecule has 2 aromatic rings. The number of carbonyl (C=O) groups is 1. The monoisotopic (exact) mass is 314 g/mol. The number of benzene rings is 1. The minimum atomic E-state index is -0.312. The first kappa shape index (κ1) is 15.4. The maximum atomic E-state index is 12.8. The van der Waals surface area contributed by atoms with Crippen molar-refractivity contribution < 1.29 is 9.18 Å². The second-order valence-electron chi connectivity index (χ2n) is 5.68. The van der Waals surface area contributed by atoms with E-state index in [0.29, 0.717) is 5.82 Å². The molecule has 2 heterocycles. The molecule has 1 fully saturated rings. The summed E-state index contributed by atoms with van der Waals surface area (Å²) < 4.78 is 12.8. The highest BCUT2D eigenvalue weighted by atomic mass is 19.1. The van der Waals surface area contributed by atoms with Gasteiger partial charge in [0.2, 0.25) is 5.91 Å². The third-order valence-electron chi connectivity index (χ3n) is 3.88. The zero-order chi connectivity index (χ0) is 16.1. The fourth-order valence-corrected chi connectivity index (χ4v) is 2.66. The van der Waals surface area contributed by atoms with E-state index >= 15 is 0 Å². The molecule has 0 atom stereocenters. The van der Waals surface area contributed by atoms with Gasteiger partial charge in [-0.3, -0.25) is 4.79 Å². The van der Waals surface area contributed by atoms with Crippen molar-refractivity contribution in [2.75, 3.05) is 23.3 Å². The molecule has 1 saturated heterocycles. The van der Waals surface area contributed by atoms with Gasteiger partial charge in [-0.05, 0) is 49.1 Å². The minimum absolute atomic E-state index is 0.176. The number of nitrogens with one attached hydrogen (secondary N) is 1. The highest BCUT2D eigenvalue weighted by molar-refractivity contribution is 5.91. The molecule has 1 N–H and O–H groups in total. The van der Waals surface area contributed by atoms with Crippen molar-refractivity contribution in [1.82, 2.24) is 10.2 Å². The molecule has 0 unspecified atom stereocenters. The molecule has 120 valence electrons. The van der Waals surface area contributed by atoms with E-state index in [0.717, 1.165) is 24.5 Å². The Morgan fingerprint density at radius 1 is 1.04 bits per heavy atom. The Labute approximate surface area is 134 Å².